The first-order chi connectivity index (χ1) is 16.4. The van der Waals surface area contributed by atoms with Gasteiger partial charge in [0.2, 0.25) is 0 Å². The van der Waals surface area contributed by atoms with Gasteiger partial charge in [-0.1, -0.05) is 34.7 Å². The zero-order valence-corrected chi connectivity index (χ0v) is 19.5. The number of carboxylic acids is 2. The number of benzene rings is 2. The first-order valence-electron chi connectivity index (χ1n) is 9.95. The van der Waals surface area contributed by atoms with Crippen LogP contribution in [0.4, 0.5) is 0 Å². The van der Waals surface area contributed by atoms with Crippen molar-refractivity contribution in [3.63, 3.8) is 0 Å². The smallest absolute Gasteiger partial charge is 0.548 e. The fourth-order valence-electron chi connectivity index (χ4n) is 2.31. The molecular weight excluding hydrogens is 512 g/mol. The van der Waals surface area contributed by atoms with Gasteiger partial charge in [-0.3, -0.25) is 0 Å². The van der Waals surface area contributed by atoms with E-state index in [4.69, 9.17) is 21.7 Å². The number of carbonyl (C=O) groups is 2. The van der Waals surface area contributed by atoms with Gasteiger partial charge in [0.15, 0.2) is 0 Å². The number of aliphatic hydroxyl groups is 2. The maximum absolute atomic E-state index is 10.3. The third kappa shape index (κ3) is 11.5. The Morgan fingerprint density at radius 1 is 0.743 bits per heavy atom. The summed E-state index contributed by atoms with van der Waals surface area (Å²) in [5, 5.41) is 51.1. The van der Waals surface area contributed by atoms with Crippen LogP contribution in [-0.2, 0) is 39.7 Å². The van der Waals surface area contributed by atoms with Crippen molar-refractivity contribution in [3.05, 3.63) is 48.5 Å². The van der Waals surface area contributed by atoms with Gasteiger partial charge >= 0.3 is 17.1 Å². The molecular formula is C20H26CuN8O6. The quantitative estimate of drug-likeness (QED) is 0.173. The molecule has 2 aromatic heterocycles. The molecule has 0 aliphatic heterocycles. The summed E-state index contributed by atoms with van der Waals surface area (Å²) in [5.41, 5.74) is 12.3. The van der Waals surface area contributed by atoms with E-state index >= 15 is 0 Å². The average molecular weight is 538 g/mol. The Balaban J connectivity index is 0.000000499. The van der Waals surface area contributed by atoms with E-state index in [1.165, 1.54) is 9.36 Å². The second-order valence-electron chi connectivity index (χ2n) is 6.24. The van der Waals surface area contributed by atoms with Gasteiger partial charge in [0.25, 0.3) is 0 Å². The molecule has 2 aromatic carbocycles. The molecule has 4 rings (SSSR count). The van der Waals surface area contributed by atoms with Gasteiger partial charge in [0.1, 0.15) is 11.0 Å². The molecule has 0 amide bonds. The summed E-state index contributed by atoms with van der Waals surface area (Å²) in [6, 6.07) is 14.3. The molecule has 15 heteroatoms. The van der Waals surface area contributed by atoms with Crippen LogP contribution in [0, 0.1) is 0 Å². The van der Waals surface area contributed by atoms with E-state index in [-0.39, 0.29) is 43.4 Å². The molecule has 2 heterocycles. The number of carbonyl (C=O) groups excluding carboxylic acids is 2. The summed E-state index contributed by atoms with van der Waals surface area (Å²) >= 11 is 0. The van der Waals surface area contributed by atoms with Crippen LogP contribution in [0.2, 0.25) is 0 Å². The van der Waals surface area contributed by atoms with Crippen molar-refractivity contribution in [2.75, 3.05) is 26.3 Å². The number of hydrogen-bond donors (Lipinski definition) is 4. The predicted octanol–water partition coefficient (Wildman–Crippen LogP) is -3.77. The van der Waals surface area contributed by atoms with Crippen molar-refractivity contribution in [2.24, 2.45) is 11.5 Å². The second-order valence-corrected chi connectivity index (χ2v) is 6.24. The summed E-state index contributed by atoms with van der Waals surface area (Å²) in [6.45, 7) is 0.418. The Morgan fingerprint density at radius 3 is 1.34 bits per heavy atom. The fourth-order valence-corrected chi connectivity index (χ4v) is 2.31. The largest absolute Gasteiger partial charge is 2.00 e. The van der Waals surface area contributed by atoms with Gasteiger partial charge in [0.05, 0.1) is 49.3 Å². The van der Waals surface area contributed by atoms with Gasteiger partial charge in [0, 0.05) is 13.1 Å². The second kappa shape index (κ2) is 17.9. The van der Waals surface area contributed by atoms with Crippen molar-refractivity contribution >= 4 is 34.0 Å². The first-order valence-corrected chi connectivity index (χ1v) is 9.95. The molecule has 0 fully saturated rings. The molecule has 193 valence electrons. The van der Waals surface area contributed by atoms with Gasteiger partial charge in [-0.2, -0.15) is 0 Å². The summed E-state index contributed by atoms with van der Waals surface area (Å²) in [4.78, 5) is 20.6. The first kappa shape index (κ1) is 31.5. The number of nitrogens with two attached hydrogens (primary N) is 2. The maximum Gasteiger partial charge on any atom is 2.00 e. The van der Waals surface area contributed by atoms with Crippen molar-refractivity contribution in [2.45, 2.75) is 13.1 Å². The van der Waals surface area contributed by atoms with Crippen molar-refractivity contribution in [1.29, 1.82) is 0 Å². The molecule has 0 saturated carbocycles. The Labute approximate surface area is 210 Å². The van der Waals surface area contributed by atoms with Crippen LogP contribution in [0.25, 0.3) is 22.1 Å². The van der Waals surface area contributed by atoms with E-state index < -0.39 is 11.9 Å². The molecule has 0 aliphatic carbocycles. The monoisotopic (exact) mass is 537 g/mol. The molecule has 4 aromatic rings. The molecule has 6 N–H and O–H groups in total. The molecule has 0 bridgehead atoms. The summed E-state index contributed by atoms with van der Waals surface area (Å²) in [7, 11) is 0. The van der Waals surface area contributed by atoms with Crippen LogP contribution in [0.15, 0.2) is 48.5 Å². The Hall–Kier alpha value is -3.46. The van der Waals surface area contributed by atoms with Gasteiger partial charge in [-0.15, -0.1) is 10.2 Å². The number of hydrogen-bond acceptors (Lipinski definition) is 12. The minimum atomic E-state index is -1.17. The third-order valence-electron chi connectivity index (χ3n) is 3.66. The van der Waals surface area contributed by atoms with Crippen molar-refractivity contribution in [3.8, 4) is 0 Å². The Morgan fingerprint density at radius 2 is 1.06 bits per heavy atom. The summed E-state index contributed by atoms with van der Waals surface area (Å²) < 4.78 is 2.59. The van der Waals surface area contributed by atoms with E-state index in [0.29, 0.717) is 35.2 Å². The SMILES string of the molecule is NCCO.NCCO.O=C([O-])Cn1nnc2ccccc21.O=C([O-])Cn1nnc2ccccc21.[Cu+2]. The number of nitrogens with zero attached hydrogens (tertiary/aromatic N) is 6. The van der Waals surface area contributed by atoms with E-state index in [1.807, 2.05) is 12.1 Å². The van der Waals surface area contributed by atoms with Crippen molar-refractivity contribution in [1.82, 2.24) is 30.0 Å². The number of carboxylic acid groups (broad SMARTS) is 2. The zero-order valence-electron chi connectivity index (χ0n) is 18.5. The molecule has 1 radical (unpaired) electrons. The fraction of sp³-hybridized carbons (Fsp3) is 0.300. The number of aliphatic hydroxyl groups excluding tert-OH is 2. The molecule has 0 aliphatic rings. The number of fused-ring (bicyclic) bond motifs is 2. The molecule has 0 unspecified atom stereocenters. The minimum Gasteiger partial charge on any atom is -0.548 e. The van der Waals surface area contributed by atoms with Gasteiger partial charge in [-0.05, 0) is 24.3 Å². The minimum absolute atomic E-state index is 0. The van der Waals surface area contributed by atoms with Crippen LogP contribution in [0.3, 0.4) is 0 Å². The third-order valence-corrected chi connectivity index (χ3v) is 3.66. The predicted molar refractivity (Wildman–Crippen MR) is 117 cm³/mol. The normalized spacial score (nSPS) is 9.49. The topological polar surface area (TPSA) is 234 Å². The number of aromatic nitrogens is 6. The van der Waals surface area contributed by atoms with Gasteiger partial charge in [-0.25, -0.2) is 9.36 Å². The van der Waals surface area contributed by atoms with E-state index in [9.17, 15) is 19.8 Å². The molecule has 0 atom stereocenters. The summed E-state index contributed by atoms with van der Waals surface area (Å²) in [5.74, 6) is -2.34. The standard InChI is InChI=1S/2C8H7N3O2.2C2H7NO.Cu/c2*12-8(13)5-11-7-4-2-1-3-6(7)9-10-11;2*3-1-2-4;/h2*1-4H,5H2,(H,12,13);2*4H,1-3H2;/q;;;;+2/p-2. The van der Waals surface area contributed by atoms with Crippen LogP contribution in [0.5, 0.6) is 0 Å². The average Bonchev–Trinajstić information content (AvgIpc) is 3.43. The van der Waals surface area contributed by atoms with Crippen LogP contribution >= 0.6 is 0 Å². The number of para-hydroxylation sites is 2. The molecule has 14 nitrogen and oxygen atoms in total. The molecule has 0 spiro atoms. The Bertz CT molecular complexity index is 1060. The van der Waals surface area contributed by atoms with E-state index in [0.717, 1.165) is 0 Å². The Kier molecular flexibility index (Phi) is 16.2. The van der Waals surface area contributed by atoms with Crippen LogP contribution in [0.1, 0.15) is 0 Å². The summed E-state index contributed by atoms with van der Waals surface area (Å²) in [6.07, 6.45) is 0. The van der Waals surface area contributed by atoms with Crippen molar-refractivity contribution < 1.29 is 47.1 Å². The van der Waals surface area contributed by atoms with Gasteiger partial charge < -0.3 is 41.5 Å². The maximum atomic E-state index is 10.3. The zero-order chi connectivity index (χ0) is 25.3. The molecule has 0 saturated heterocycles. The number of rotatable bonds is 6. The van der Waals surface area contributed by atoms with E-state index in [2.05, 4.69) is 20.6 Å². The van der Waals surface area contributed by atoms with E-state index in [1.54, 1.807) is 36.4 Å². The number of aliphatic carboxylic acids is 2. The molecule has 35 heavy (non-hydrogen) atoms. The van der Waals surface area contributed by atoms with Crippen LogP contribution < -0.4 is 21.7 Å². The van der Waals surface area contributed by atoms with Crippen LogP contribution in [-0.4, -0.2) is 78.4 Å².